The van der Waals surface area contributed by atoms with E-state index in [1.807, 2.05) is 20.8 Å². The first-order valence-electron chi connectivity index (χ1n) is 8.57. The fourth-order valence-electron chi connectivity index (χ4n) is 2.89. The highest BCUT2D eigenvalue weighted by Crippen LogP contribution is 2.24. The Labute approximate surface area is 151 Å². The Kier molecular flexibility index (Phi) is 5.78. The molecule has 1 aromatic carbocycles. The van der Waals surface area contributed by atoms with Crippen molar-refractivity contribution in [1.29, 1.82) is 0 Å². The first kappa shape index (κ1) is 20.0. The van der Waals surface area contributed by atoms with E-state index in [0.717, 1.165) is 6.07 Å². The van der Waals surface area contributed by atoms with Crippen LogP contribution >= 0.6 is 0 Å². The van der Waals surface area contributed by atoms with Gasteiger partial charge in [-0.05, 0) is 30.9 Å². The molecule has 0 unspecified atom stereocenters. The van der Waals surface area contributed by atoms with Crippen LogP contribution in [0.4, 0.5) is 14.5 Å². The van der Waals surface area contributed by atoms with E-state index in [1.54, 1.807) is 0 Å². The van der Waals surface area contributed by atoms with Gasteiger partial charge in [-0.15, -0.1) is 0 Å². The standard InChI is InChI=1S/C19H24F2N2O3/c1-11-13(20)5-6-14(16(11)21)22-17(25)12-7-8-23(10-12)18(26)15(24)9-19(2,3)4/h5-6,12H,7-10H2,1-4H3,(H,22,25)/t12-/m0/s1. The van der Waals surface area contributed by atoms with Crippen LogP contribution < -0.4 is 5.32 Å². The van der Waals surface area contributed by atoms with Crippen LogP contribution in [0.3, 0.4) is 0 Å². The highest BCUT2D eigenvalue weighted by Gasteiger charge is 2.34. The molecule has 142 valence electrons. The van der Waals surface area contributed by atoms with Gasteiger partial charge in [-0.2, -0.15) is 0 Å². The molecule has 0 radical (unpaired) electrons. The van der Waals surface area contributed by atoms with Gasteiger partial charge in [0.2, 0.25) is 11.7 Å². The molecule has 0 spiro atoms. The Hall–Kier alpha value is -2.31. The molecule has 1 N–H and O–H groups in total. The van der Waals surface area contributed by atoms with Crippen LogP contribution in [0.2, 0.25) is 0 Å². The molecule has 1 saturated heterocycles. The zero-order valence-corrected chi connectivity index (χ0v) is 15.5. The first-order chi connectivity index (χ1) is 12.0. The molecular formula is C19H24F2N2O3. The lowest BCUT2D eigenvalue weighted by molar-refractivity contribution is -0.145. The van der Waals surface area contributed by atoms with Gasteiger partial charge in [-0.25, -0.2) is 8.78 Å². The summed E-state index contributed by atoms with van der Waals surface area (Å²) in [5, 5.41) is 2.44. The molecule has 2 amide bonds. The number of ketones is 1. The minimum atomic E-state index is -0.815. The summed E-state index contributed by atoms with van der Waals surface area (Å²) in [6.45, 7) is 7.32. The van der Waals surface area contributed by atoms with Gasteiger partial charge in [-0.1, -0.05) is 20.8 Å². The van der Waals surface area contributed by atoms with Gasteiger partial charge in [-0.3, -0.25) is 14.4 Å². The zero-order chi connectivity index (χ0) is 19.6. The van der Waals surface area contributed by atoms with Crippen LogP contribution in [0.5, 0.6) is 0 Å². The lowest BCUT2D eigenvalue weighted by Gasteiger charge is -2.20. The minimum absolute atomic E-state index is 0.0949. The quantitative estimate of drug-likeness (QED) is 0.833. The minimum Gasteiger partial charge on any atom is -0.335 e. The van der Waals surface area contributed by atoms with Crippen molar-refractivity contribution >= 4 is 23.3 Å². The van der Waals surface area contributed by atoms with Gasteiger partial charge in [0.1, 0.15) is 5.82 Å². The summed E-state index contributed by atoms with van der Waals surface area (Å²) in [5.41, 5.74) is -0.553. The van der Waals surface area contributed by atoms with E-state index in [9.17, 15) is 23.2 Å². The maximum Gasteiger partial charge on any atom is 0.289 e. The number of Topliss-reactive ketones (excluding diaryl/α,β-unsaturated/α-hetero) is 1. The van der Waals surface area contributed by atoms with E-state index in [2.05, 4.69) is 5.32 Å². The number of amides is 2. The molecule has 1 aromatic rings. The fraction of sp³-hybridized carbons (Fsp3) is 0.526. The predicted octanol–water partition coefficient (Wildman–Crippen LogP) is 3.07. The summed E-state index contributed by atoms with van der Waals surface area (Å²) in [7, 11) is 0. The second-order valence-electron chi connectivity index (χ2n) is 7.92. The van der Waals surface area contributed by atoms with E-state index >= 15 is 0 Å². The Morgan fingerprint density at radius 1 is 1.23 bits per heavy atom. The van der Waals surface area contributed by atoms with E-state index < -0.39 is 35.1 Å². The number of hydrogen-bond acceptors (Lipinski definition) is 3. The topological polar surface area (TPSA) is 66.5 Å². The number of carbonyl (C=O) groups excluding carboxylic acids is 3. The molecule has 7 heteroatoms. The zero-order valence-electron chi connectivity index (χ0n) is 15.5. The van der Waals surface area contributed by atoms with E-state index in [-0.39, 0.29) is 29.6 Å². The highest BCUT2D eigenvalue weighted by molar-refractivity contribution is 6.36. The molecule has 1 aliphatic rings. The highest BCUT2D eigenvalue weighted by atomic mass is 19.1. The Morgan fingerprint density at radius 2 is 1.88 bits per heavy atom. The number of anilines is 1. The van der Waals surface area contributed by atoms with Gasteiger partial charge in [0.15, 0.2) is 5.82 Å². The Morgan fingerprint density at radius 3 is 2.50 bits per heavy atom. The van der Waals surface area contributed by atoms with E-state index in [4.69, 9.17) is 0 Å². The van der Waals surface area contributed by atoms with Crippen LogP contribution in [0, 0.1) is 29.9 Å². The number of hydrogen-bond donors (Lipinski definition) is 1. The number of carbonyl (C=O) groups is 3. The molecule has 5 nitrogen and oxygen atoms in total. The number of nitrogens with one attached hydrogen (secondary N) is 1. The lowest BCUT2D eigenvalue weighted by atomic mass is 9.89. The average Bonchev–Trinajstić information content (AvgIpc) is 3.03. The molecule has 26 heavy (non-hydrogen) atoms. The maximum atomic E-state index is 14.0. The molecule has 1 aliphatic heterocycles. The van der Waals surface area contributed by atoms with Gasteiger partial charge in [0.05, 0.1) is 11.6 Å². The summed E-state index contributed by atoms with van der Waals surface area (Å²) in [6, 6.07) is 2.25. The molecule has 2 rings (SSSR count). The van der Waals surface area contributed by atoms with Crippen LogP contribution in [-0.2, 0) is 14.4 Å². The van der Waals surface area contributed by atoms with Gasteiger partial charge in [0.25, 0.3) is 5.91 Å². The van der Waals surface area contributed by atoms with Crippen molar-refractivity contribution in [1.82, 2.24) is 4.90 Å². The SMILES string of the molecule is Cc1c(F)ccc(NC(=O)[C@H]2CCN(C(=O)C(=O)CC(C)(C)C)C2)c1F. The smallest absolute Gasteiger partial charge is 0.289 e. The number of rotatable bonds is 4. The molecule has 0 bridgehead atoms. The third-order valence-corrected chi connectivity index (χ3v) is 4.35. The maximum absolute atomic E-state index is 14.0. The van der Waals surface area contributed by atoms with Crippen LogP contribution in [0.1, 0.15) is 39.2 Å². The normalized spacial score (nSPS) is 17.3. The molecule has 0 aromatic heterocycles. The van der Waals surface area contributed by atoms with Crippen molar-refractivity contribution in [2.45, 2.75) is 40.5 Å². The third kappa shape index (κ3) is 4.65. The summed E-state index contributed by atoms with van der Waals surface area (Å²) < 4.78 is 27.3. The van der Waals surface area contributed by atoms with Crippen molar-refractivity contribution in [2.75, 3.05) is 18.4 Å². The summed E-state index contributed by atoms with van der Waals surface area (Å²) in [4.78, 5) is 38.0. The molecule has 1 atom stereocenters. The van der Waals surface area contributed by atoms with E-state index in [1.165, 1.54) is 17.9 Å². The average molecular weight is 366 g/mol. The first-order valence-corrected chi connectivity index (χ1v) is 8.57. The second-order valence-corrected chi connectivity index (χ2v) is 7.92. The van der Waals surface area contributed by atoms with Gasteiger partial charge in [0, 0.05) is 25.1 Å². The predicted molar refractivity (Wildman–Crippen MR) is 93.5 cm³/mol. The third-order valence-electron chi connectivity index (χ3n) is 4.35. The number of halogens is 2. The fourth-order valence-corrected chi connectivity index (χ4v) is 2.89. The number of likely N-dealkylation sites (tertiary alicyclic amines) is 1. The molecule has 1 fully saturated rings. The molecule has 1 heterocycles. The Balaban J connectivity index is 1.98. The van der Waals surface area contributed by atoms with Crippen LogP contribution in [-0.4, -0.2) is 35.6 Å². The largest absolute Gasteiger partial charge is 0.335 e. The Bertz CT molecular complexity index is 741. The van der Waals surface area contributed by atoms with Gasteiger partial charge >= 0.3 is 0 Å². The van der Waals surface area contributed by atoms with Crippen molar-refractivity contribution < 1.29 is 23.2 Å². The van der Waals surface area contributed by atoms with Crippen LogP contribution in [0.15, 0.2) is 12.1 Å². The monoisotopic (exact) mass is 366 g/mol. The van der Waals surface area contributed by atoms with Crippen molar-refractivity contribution in [3.8, 4) is 0 Å². The molecule has 0 saturated carbocycles. The van der Waals surface area contributed by atoms with E-state index in [0.29, 0.717) is 13.0 Å². The molecular weight excluding hydrogens is 342 g/mol. The van der Waals surface area contributed by atoms with Crippen molar-refractivity contribution in [2.24, 2.45) is 11.3 Å². The summed E-state index contributed by atoms with van der Waals surface area (Å²) >= 11 is 0. The van der Waals surface area contributed by atoms with Crippen molar-refractivity contribution in [3.05, 3.63) is 29.3 Å². The summed E-state index contributed by atoms with van der Waals surface area (Å²) in [6.07, 6.45) is 0.529. The van der Waals surface area contributed by atoms with Crippen molar-refractivity contribution in [3.63, 3.8) is 0 Å². The van der Waals surface area contributed by atoms with Gasteiger partial charge < -0.3 is 10.2 Å². The number of benzene rings is 1. The number of nitrogens with zero attached hydrogens (tertiary/aromatic N) is 1. The second kappa shape index (κ2) is 7.51. The lowest BCUT2D eigenvalue weighted by Crippen LogP contribution is -2.37. The molecule has 0 aliphatic carbocycles. The summed E-state index contributed by atoms with van der Waals surface area (Å²) in [5.74, 6) is -3.54. The van der Waals surface area contributed by atoms with Crippen LogP contribution in [0.25, 0.3) is 0 Å².